The van der Waals surface area contributed by atoms with Gasteiger partial charge in [0.1, 0.15) is 11.6 Å². The van der Waals surface area contributed by atoms with Crippen molar-refractivity contribution >= 4 is 34.4 Å². The Bertz CT molecular complexity index is 1130. The topological polar surface area (TPSA) is 76.5 Å². The molecule has 0 radical (unpaired) electrons. The molecule has 1 aliphatic rings. The highest BCUT2D eigenvalue weighted by atomic mass is 16.6. The first-order valence-corrected chi connectivity index (χ1v) is 10.6. The number of para-hydroxylation sites is 2. The Kier molecular flexibility index (Phi) is 5.43. The zero-order chi connectivity index (χ0) is 22.2. The highest BCUT2D eigenvalue weighted by molar-refractivity contribution is 5.96. The average molecular weight is 421 g/mol. The van der Waals surface area contributed by atoms with Crippen LogP contribution in [0.15, 0.2) is 48.8 Å². The van der Waals surface area contributed by atoms with Crippen molar-refractivity contribution in [3.63, 3.8) is 0 Å². The highest BCUT2D eigenvalue weighted by Crippen LogP contribution is 2.31. The van der Waals surface area contributed by atoms with Crippen LogP contribution in [0.3, 0.4) is 0 Å². The molecule has 1 aromatic heterocycles. The molecule has 2 heterocycles. The van der Waals surface area contributed by atoms with Gasteiger partial charge in [0.05, 0.1) is 23.0 Å². The van der Waals surface area contributed by atoms with Crippen molar-refractivity contribution in [1.82, 2.24) is 9.55 Å². The number of amides is 2. The van der Waals surface area contributed by atoms with E-state index in [-0.39, 0.29) is 12.0 Å². The molecule has 1 atom stereocenters. The largest absolute Gasteiger partial charge is 0.443 e. The smallest absolute Gasteiger partial charge is 0.414 e. The van der Waals surface area contributed by atoms with Crippen LogP contribution in [-0.4, -0.2) is 33.7 Å². The number of rotatable bonds is 3. The molecule has 0 aliphatic carbocycles. The van der Waals surface area contributed by atoms with Gasteiger partial charge in [0.15, 0.2) is 0 Å². The van der Waals surface area contributed by atoms with Crippen molar-refractivity contribution < 1.29 is 14.3 Å². The molecule has 2 amide bonds. The van der Waals surface area contributed by atoms with E-state index >= 15 is 0 Å². The van der Waals surface area contributed by atoms with Gasteiger partial charge in [-0.1, -0.05) is 18.2 Å². The van der Waals surface area contributed by atoms with Gasteiger partial charge in [-0.3, -0.25) is 9.69 Å². The molecule has 162 valence electrons. The first kappa shape index (κ1) is 20.9. The summed E-state index contributed by atoms with van der Waals surface area (Å²) < 4.78 is 7.43. The van der Waals surface area contributed by atoms with E-state index in [9.17, 15) is 9.59 Å². The highest BCUT2D eigenvalue weighted by Gasteiger charge is 2.28. The second-order valence-electron chi connectivity index (χ2n) is 8.88. The van der Waals surface area contributed by atoms with Crippen LogP contribution in [0.1, 0.15) is 45.7 Å². The summed E-state index contributed by atoms with van der Waals surface area (Å²) in [6, 6.07) is 13.0. The van der Waals surface area contributed by atoms with E-state index in [0.29, 0.717) is 12.2 Å². The Balaban J connectivity index is 1.55. The van der Waals surface area contributed by atoms with Crippen LogP contribution in [0.25, 0.3) is 11.0 Å². The zero-order valence-corrected chi connectivity index (χ0v) is 18.4. The van der Waals surface area contributed by atoms with Gasteiger partial charge in [-0.2, -0.15) is 0 Å². The van der Waals surface area contributed by atoms with Gasteiger partial charge in [-0.25, -0.2) is 9.78 Å². The number of benzene rings is 2. The Morgan fingerprint density at radius 1 is 1.16 bits per heavy atom. The van der Waals surface area contributed by atoms with Crippen molar-refractivity contribution in [2.45, 2.75) is 52.2 Å². The van der Waals surface area contributed by atoms with Crippen molar-refractivity contribution in [3.05, 3.63) is 54.4 Å². The lowest BCUT2D eigenvalue weighted by Gasteiger charge is -2.32. The summed E-state index contributed by atoms with van der Waals surface area (Å²) >= 11 is 0. The number of nitrogens with one attached hydrogen (secondary N) is 1. The van der Waals surface area contributed by atoms with Crippen LogP contribution in [0, 0.1) is 0 Å². The van der Waals surface area contributed by atoms with Gasteiger partial charge < -0.3 is 14.6 Å². The maximum Gasteiger partial charge on any atom is 0.414 e. The lowest BCUT2D eigenvalue weighted by molar-refractivity contribution is -0.118. The van der Waals surface area contributed by atoms with Crippen LogP contribution in [-0.2, 0) is 16.0 Å². The standard InChI is InChI=1S/C24H28N4O3/c1-16(28-15-25-19-9-5-6-10-20(19)28)22(29)26-18-12-11-17-8-7-13-27(21(17)14-18)23(30)31-24(2,3)4/h5-6,9-12,14-16H,7-8,13H2,1-4H3,(H,26,29). The number of imidazole rings is 1. The summed E-state index contributed by atoms with van der Waals surface area (Å²) in [7, 11) is 0. The number of fused-ring (bicyclic) bond motifs is 2. The second-order valence-corrected chi connectivity index (χ2v) is 8.88. The van der Waals surface area contributed by atoms with Crippen LogP contribution in [0.5, 0.6) is 0 Å². The number of carbonyl (C=O) groups is 2. The molecular formula is C24H28N4O3. The molecule has 0 saturated carbocycles. The molecule has 7 heteroatoms. The number of hydrogen-bond donors (Lipinski definition) is 1. The van der Waals surface area contributed by atoms with Crippen LogP contribution in [0.2, 0.25) is 0 Å². The SMILES string of the molecule is CC(C(=O)Nc1ccc2c(c1)N(C(=O)OC(C)(C)C)CCC2)n1cnc2ccccc21. The fraction of sp³-hybridized carbons (Fsp3) is 0.375. The normalized spacial score (nSPS) is 14.8. The lowest BCUT2D eigenvalue weighted by Crippen LogP contribution is -2.39. The number of anilines is 2. The summed E-state index contributed by atoms with van der Waals surface area (Å²) in [5.41, 5.74) is 3.71. The minimum Gasteiger partial charge on any atom is -0.443 e. The molecule has 3 aromatic rings. The van der Waals surface area contributed by atoms with E-state index in [1.54, 1.807) is 11.2 Å². The fourth-order valence-electron chi connectivity index (χ4n) is 3.82. The monoisotopic (exact) mass is 420 g/mol. The van der Waals surface area contributed by atoms with E-state index in [1.807, 2.05) is 74.7 Å². The number of aromatic nitrogens is 2. The first-order chi connectivity index (χ1) is 14.7. The van der Waals surface area contributed by atoms with E-state index in [1.165, 1.54) is 0 Å². The molecule has 0 saturated heterocycles. The zero-order valence-electron chi connectivity index (χ0n) is 18.4. The molecule has 7 nitrogen and oxygen atoms in total. The van der Waals surface area contributed by atoms with Gasteiger partial charge in [-0.15, -0.1) is 0 Å². The molecule has 0 fully saturated rings. The molecule has 0 bridgehead atoms. The van der Waals surface area contributed by atoms with Gasteiger partial charge in [-0.05, 0) is 70.4 Å². The maximum absolute atomic E-state index is 13.0. The summed E-state index contributed by atoms with van der Waals surface area (Å²) in [6.07, 6.45) is 3.09. The van der Waals surface area contributed by atoms with Gasteiger partial charge in [0.2, 0.25) is 5.91 Å². The van der Waals surface area contributed by atoms with E-state index in [2.05, 4.69) is 10.3 Å². The maximum atomic E-state index is 13.0. The lowest BCUT2D eigenvalue weighted by atomic mass is 10.0. The van der Waals surface area contributed by atoms with Gasteiger partial charge in [0, 0.05) is 12.2 Å². The van der Waals surface area contributed by atoms with E-state index in [4.69, 9.17) is 4.74 Å². The fourth-order valence-corrected chi connectivity index (χ4v) is 3.82. The van der Waals surface area contributed by atoms with Crippen molar-refractivity contribution in [2.24, 2.45) is 0 Å². The number of ether oxygens (including phenoxy) is 1. The summed E-state index contributed by atoms with van der Waals surface area (Å²) in [6.45, 7) is 8.00. The predicted octanol–water partition coefficient (Wildman–Crippen LogP) is 4.92. The third-order valence-electron chi connectivity index (χ3n) is 5.36. The number of nitrogens with zero attached hydrogens (tertiary/aromatic N) is 3. The van der Waals surface area contributed by atoms with E-state index < -0.39 is 11.6 Å². The quantitative estimate of drug-likeness (QED) is 0.652. The second kappa shape index (κ2) is 8.06. The molecular weight excluding hydrogens is 392 g/mol. The number of hydrogen-bond acceptors (Lipinski definition) is 4. The summed E-state index contributed by atoms with van der Waals surface area (Å²) in [4.78, 5) is 31.7. The molecule has 0 spiro atoms. The predicted molar refractivity (Wildman–Crippen MR) is 121 cm³/mol. The average Bonchev–Trinajstić information content (AvgIpc) is 3.15. The third-order valence-corrected chi connectivity index (χ3v) is 5.36. The Morgan fingerprint density at radius 3 is 2.71 bits per heavy atom. The van der Waals surface area contributed by atoms with Crippen LogP contribution in [0.4, 0.5) is 16.2 Å². The number of carbonyl (C=O) groups excluding carboxylic acids is 2. The molecule has 31 heavy (non-hydrogen) atoms. The van der Waals surface area contributed by atoms with Crippen molar-refractivity contribution in [2.75, 3.05) is 16.8 Å². The molecule has 1 aliphatic heterocycles. The molecule has 1 N–H and O–H groups in total. The van der Waals surface area contributed by atoms with Crippen molar-refractivity contribution in [3.8, 4) is 0 Å². The first-order valence-electron chi connectivity index (χ1n) is 10.6. The minimum absolute atomic E-state index is 0.150. The van der Waals surface area contributed by atoms with Gasteiger partial charge in [0.25, 0.3) is 0 Å². The number of aryl methyl sites for hydroxylation is 1. The Hall–Kier alpha value is -3.35. The Morgan fingerprint density at radius 2 is 1.94 bits per heavy atom. The summed E-state index contributed by atoms with van der Waals surface area (Å²) in [5, 5.41) is 2.99. The van der Waals surface area contributed by atoms with E-state index in [0.717, 1.165) is 35.1 Å². The Labute approximate surface area is 182 Å². The summed E-state index contributed by atoms with van der Waals surface area (Å²) in [5.74, 6) is -0.150. The molecule has 2 aromatic carbocycles. The van der Waals surface area contributed by atoms with Gasteiger partial charge >= 0.3 is 6.09 Å². The molecule has 4 rings (SSSR count). The van der Waals surface area contributed by atoms with Crippen molar-refractivity contribution in [1.29, 1.82) is 0 Å². The van der Waals surface area contributed by atoms with Crippen LogP contribution >= 0.6 is 0 Å². The third kappa shape index (κ3) is 4.40. The molecule has 1 unspecified atom stereocenters. The van der Waals surface area contributed by atoms with Crippen LogP contribution < -0.4 is 10.2 Å². The minimum atomic E-state index is -0.566.